The summed E-state index contributed by atoms with van der Waals surface area (Å²) in [6.45, 7) is 0. The second-order valence-electron chi connectivity index (χ2n) is 2.30. The molecule has 0 radical (unpaired) electrons. The summed E-state index contributed by atoms with van der Waals surface area (Å²) in [6, 6.07) is 1.02. The lowest BCUT2D eigenvalue weighted by Gasteiger charge is -2.06. The van der Waals surface area contributed by atoms with Crippen molar-refractivity contribution >= 4 is 17.8 Å². The Balaban J connectivity index is 2.46. The Morgan fingerprint density at radius 3 is 2.93 bits per heavy atom. The van der Waals surface area contributed by atoms with Crippen molar-refractivity contribution in [1.29, 1.82) is 5.41 Å². The summed E-state index contributed by atoms with van der Waals surface area (Å²) in [7, 11) is 1.54. The second-order valence-corrected chi connectivity index (χ2v) is 2.30. The molecule has 4 N–H and O–H groups in total. The number of amides is 2. The van der Waals surface area contributed by atoms with Crippen LogP contribution in [0, 0.1) is 5.41 Å². The number of rotatable bonds is 1. The van der Waals surface area contributed by atoms with E-state index in [1.54, 1.807) is 6.07 Å². The van der Waals surface area contributed by atoms with Crippen molar-refractivity contribution in [3.05, 3.63) is 18.6 Å². The van der Waals surface area contributed by atoms with Crippen LogP contribution in [0.1, 0.15) is 0 Å². The molecule has 0 bridgehead atoms. The van der Waals surface area contributed by atoms with Crippen LogP contribution in [-0.2, 0) is 0 Å². The molecule has 0 spiro atoms. The van der Waals surface area contributed by atoms with E-state index in [0.717, 1.165) is 0 Å². The number of hydrogen-bond donors (Lipinski definition) is 4. The summed E-state index contributed by atoms with van der Waals surface area (Å²) >= 11 is 0. The molecule has 0 fully saturated rings. The van der Waals surface area contributed by atoms with E-state index < -0.39 is 6.03 Å². The van der Waals surface area contributed by atoms with Gasteiger partial charge in [0.1, 0.15) is 12.1 Å². The lowest BCUT2D eigenvalue weighted by molar-refractivity contribution is 0.255. The van der Waals surface area contributed by atoms with Crippen LogP contribution in [0.3, 0.4) is 0 Å². The maximum atomic E-state index is 11.1. The molecule has 0 saturated heterocycles. The number of anilines is 1. The molecule has 1 rings (SSSR count). The van der Waals surface area contributed by atoms with Crippen LogP contribution in [0.5, 0.6) is 0 Å². The van der Waals surface area contributed by atoms with E-state index in [4.69, 9.17) is 5.41 Å². The van der Waals surface area contributed by atoms with Crippen molar-refractivity contribution in [1.82, 2.24) is 20.6 Å². The number of guanidine groups is 1. The van der Waals surface area contributed by atoms with Gasteiger partial charge in [-0.2, -0.15) is 0 Å². The molecule has 0 atom stereocenters. The molecular weight excluding hydrogens is 184 g/mol. The number of nitrogens with zero attached hydrogens (tertiary/aromatic N) is 2. The zero-order valence-corrected chi connectivity index (χ0v) is 7.53. The molecule has 0 aromatic carbocycles. The van der Waals surface area contributed by atoms with Crippen LogP contribution in [0.15, 0.2) is 18.6 Å². The normalized spacial score (nSPS) is 8.93. The quantitative estimate of drug-likeness (QED) is 0.365. The van der Waals surface area contributed by atoms with Gasteiger partial charge in [0.2, 0.25) is 0 Å². The zero-order valence-electron chi connectivity index (χ0n) is 7.53. The monoisotopic (exact) mass is 194 g/mol. The van der Waals surface area contributed by atoms with Crippen molar-refractivity contribution < 1.29 is 4.79 Å². The molecule has 7 nitrogen and oxygen atoms in total. The van der Waals surface area contributed by atoms with Crippen LogP contribution in [0.25, 0.3) is 0 Å². The third kappa shape index (κ3) is 3.05. The summed E-state index contributed by atoms with van der Waals surface area (Å²) < 4.78 is 0. The van der Waals surface area contributed by atoms with Gasteiger partial charge >= 0.3 is 6.03 Å². The first kappa shape index (κ1) is 9.90. The second kappa shape index (κ2) is 4.75. The highest BCUT2D eigenvalue weighted by Gasteiger charge is 2.02. The number of hydrogen-bond acceptors (Lipinski definition) is 4. The SMILES string of the molecule is CNC(=N)NC(=O)Nc1ccncn1. The number of carbonyl (C=O) groups excluding carboxylic acids is 1. The topological polar surface area (TPSA) is 103 Å². The maximum absolute atomic E-state index is 11.1. The van der Waals surface area contributed by atoms with Gasteiger partial charge in [0.05, 0.1) is 0 Å². The first-order chi connectivity index (χ1) is 6.72. The molecule has 0 aliphatic rings. The first-order valence-electron chi connectivity index (χ1n) is 3.82. The lowest BCUT2D eigenvalue weighted by atomic mass is 10.6. The minimum Gasteiger partial charge on any atom is -0.359 e. The fourth-order valence-corrected chi connectivity index (χ4v) is 0.688. The third-order valence-electron chi connectivity index (χ3n) is 1.31. The summed E-state index contributed by atoms with van der Waals surface area (Å²) in [5, 5.41) is 14.2. The Kier molecular flexibility index (Phi) is 3.36. The Morgan fingerprint density at radius 2 is 2.36 bits per heavy atom. The highest BCUT2D eigenvalue weighted by molar-refractivity contribution is 6.00. The van der Waals surface area contributed by atoms with Crippen LogP contribution in [-0.4, -0.2) is 29.0 Å². The molecule has 0 saturated carbocycles. The minimum absolute atomic E-state index is 0.0865. The number of nitrogens with one attached hydrogen (secondary N) is 4. The average Bonchev–Trinajstić information content (AvgIpc) is 2.19. The van der Waals surface area contributed by atoms with Crippen molar-refractivity contribution in [3.63, 3.8) is 0 Å². The van der Waals surface area contributed by atoms with E-state index in [2.05, 4.69) is 25.9 Å². The first-order valence-corrected chi connectivity index (χ1v) is 3.82. The van der Waals surface area contributed by atoms with E-state index in [0.29, 0.717) is 5.82 Å². The molecular formula is C7H10N6O. The van der Waals surface area contributed by atoms with Crippen LogP contribution in [0.4, 0.5) is 10.6 Å². The predicted molar refractivity (Wildman–Crippen MR) is 51.0 cm³/mol. The van der Waals surface area contributed by atoms with E-state index >= 15 is 0 Å². The summed E-state index contributed by atoms with van der Waals surface area (Å²) in [5.41, 5.74) is 0. The summed E-state index contributed by atoms with van der Waals surface area (Å²) in [5.74, 6) is 0.290. The van der Waals surface area contributed by atoms with Crippen molar-refractivity contribution in [2.24, 2.45) is 0 Å². The molecule has 0 aliphatic heterocycles. The molecule has 0 unspecified atom stereocenters. The van der Waals surface area contributed by atoms with Gasteiger partial charge in [-0.25, -0.2) is 14.8 Å². The summed E-state index contributed by atoms with van der Waals surface area (Å²) in [4.78, 5) is 18.6. The largest absolute Gasteiger partial charge is 0.359 e. The number of aromatic nitrogens is 2. The zero-order chi connectivity index (χ0) is 10.4. The molecule has 74 valence electrons. The van der Waals surface area contributed by atoms with Gasteiger partial charge in [-0.05, 0) is 6.07 Å². The van der Waals surface area contributed by atoms with Gasteiger partial charge < -0.3 is 5.32 Å². The average molecular weight is 194 g/mol. The lowest BCUT2D eigenvalue weighted by Crippen LogP contribution is -2.40. The molecule has 7 heteroatoms. The smallest absolute Gasteiger partial charge is 0.327 e. The minimum atomic E-state index is -0.525. The Labute approximate surface area is 80.5 Å². The molecule has 1 aromatic heterocycles. The van der Waals surface area contributed by atoms with Gasteiger partial charge in [0, 0.05) is 13.2 Å². The van der Waals surface area contributed by atoms with Gasteiger partial charge in [0.15, 0.2) is 5.96 Å². The molecule has 1 heterocycles. The van der Waals surface area contributed by atoms with E-state index in [1.807, 2.05) is 0 Å². The van der Waals surface area contributed by atoms with Crippen molar-refractivity contribution in [2.75, 3.05) is 12.4 Å². The molecule has 2 amide bonds. The fourth-order valence-electron chi connectivity index (χ4n) is 0.688. The van der Waals surface area contributed by atoms with Gasteiger partial charge in [0.25, 0.3) is 0 Å². The number of urea groups is 1. The van der Waals surface area contributed by atoms with Gasteiger partial charge in [-0.3, -0.25) is 16.0 Å². The van der Waals surface area contributed by atoms with Gasteiger partial charge in [-0.15, -0.1) is 0 Å². The van der Waals surface area contributed by atoms with E-state index in [9.17, 15) is 4.79 Å². The summed E-state index contributed by atoms with van der Waals surface area (Å²) in [6.07, 6.45) is 2.82. The molecule has 1 aromatic rings. The molecule has 0 aliphatic carbocycles. The maximum Gasteiger partial charge on any atom is 0.327 e. The van der Waals surface area contributed by atoms with Crippen LogP contribution in [0.2, 0.25) is 0 Å². The Hall–Kier alpha value is -2.18. The van der Waals surface area contributed by atoms with Crippen molar-refractivity contribution in [2.45, 2.75) is 0 Å². The van der Waals surface area contributed by atoms with Crippen LogP contribution >= 0.6 is 0 Å². The Bertz CT molecular complexity index is 324. The highest BCUT2D eigenvalue weighted by atomic mass is 16.2. The van der Waals surface area contributed by atoms with E-state index in [1.165, 1.54) is 19.6 Å². The Morgan fingerprint density at radius 1 is 1.57 bits per heavy atom. The third-order valence-corrected chi connectivity index (χ3v) is 1.31. The highest BCUT2D eigenvalue weighted by Crippen LogP contribution is 1.96. The molecule has 14 heavy (non-hydrogen) atoms. The predicted octanol–water partition coefficient (Wildman–Crippen LogP) is -0.248. The van der Waals surface area contributed by atoms with E-state index in [-0.39, 0.29) is 5.96 Å². The number of carbonyl (C=O) groups is 1. The fraction of sp³-hybridized carbons (Fsp3) is 0.143. The standard InChI is InChI=1S/C7H10N6O/c1-9-6(8)13-7(14)12-5-2-3-10-4-11-5/h2-4H,1H3,(H4,8,9,10,11,12,13,14). The van der Waals surface area contributed by atoms with Gasteiger partial charge in [-0.1, -0.05) is 0 Å². The van der Waals surface area contributed by atoms with Crippen molar-refractivity contribution in [3.8, 4) is 0 Å². The van der Waals surface area contributed by atoms with Crippen LogP contribution < -0.4 is 16.0 Å².